The van der Waals surface area contributed by atoms with Crippen molar-refractivity contribution in [3.05, 3.63) is 169 Å². The summed E-state index contributed by atoms with van der Waals surface area (Å²) in [7, 11) is 0. The van der Waals surface area contributed by atoms with Gasteiger partial charge in [0, 0.05) is 27.7 Å². The van der Waals surface area contributed by atoms with E-state index in [0.29, 0.717) is 0 Å². The van der Waals surface area contributed by atoms with Gasteiger partial charge in [0.15, 0.2) is 0 Å². The van der Waals surface area contributed by atoms with Gasteiger partial charge in [-0.15, -0.1) is 0 Å². The zero-order valence-electron chi connectivity index (χ0n) is 26.9. The van der Waals surface area contributed by atoms with Crippen LogP contribution in [0, 0.1) is 0 Å². The minimum atomic E-state index is -0.357. The molecule has 4 N–H and O–H groups in total. The van der Waals surface area contributed by atoms with E-state index in [0.717, 1.165) is 23.4 Å². The maximum Gasteiger partial charge on any atom is 0.100 e. The molecule has 1 aromatic heterocycles. The number of nitrogens with one attached hydrogen (secondary N) is 2. The summed E-state index contributed by atoms with van der Waals surface area (Å²) >= 11 is 0. The van der Waals surface area contributed by atoms with Gasteiger partial charge >= 0.3 is 0 Å². The molecule has 0 fully saturated rings. The molecular formula is C43H40N4. The van der Waals surface area contributed by atoms with Crippen LogP contribution in [0.1, 0.15) is 31.1 Å². The fourth-order valence-corrected chi connectivity index (χ4v) is 6.77. The van der Waals surface area contributed by atoms with Crippen LogP contribution in [0.3, 0.4) is 0 Å². The summed E-state index contributed by atoms with van der Waals surface area (Å²) in [4.78, 5) is 0. The van der Waals surface area contributed by atoms with Crippen LogP contribution in [0.5, 0.6) is 0 Å². The van der Waals surface area contributed by atoms with E-state index < -0.39 is 0 Å². The molecular weight excluding hydrogens is 573 g/mol. The highest BCUT2D eigenvalue weighted by Gasteiger charge is 2.19. The molecule has 2 unspecified atom stereocenters. The number of anilines is 1. The van der Waals surface area contributed by atoms with Crippen LogP contribution in [-0.4, -0.2) is 10.6 Å². The van der Waals surface area contributed by atoms with Crippen molar-refractivity contribution in [2.45, 2.75) is 32.5 Å². The van der Waals surface area contributed by atoms with Crippen molar-refractivity contribution in [2.24, 2.45) is 5.73 Å². The minimum absolute atomic E-state index is 0.0626. The average molecular weight is 613 g/mol. The third kappa shape index (κ3) is 5.80. The number of hydrogen-bond acceptors (Lipinski definition) is 3. The summed E-state index contributed by atoms with van der Waals surface area (Å²) in [5, 5.41) is 9.70. The number of nitrogens with two attached hydrogens (primary N) is 1. The lowest BCUT2D eigenvalue weighted by atomic mass is 9.90. The lowest BCUT2D eigenvalue weighted by Crippen LogP contribution is -2.26. The van der Waals surface area contributed by atoms with Gasteiger partial charge in [-0.25, -0.2) is 0 Å². The molecule has 1 aliphatic rings. The Bertz CT molecular complexity index is 2110. The number of hydrogen-bond donors (Lipinski definition) is 3. The Morgan fingerprint density at radius 2 is 1.28 bits per heavy atom. The first kappa shape index (κ1) is 30.1. The number of nitrogens with zero attached hydrogens (tertiary/aromatic N) is 1. The van der Waals surface area contributed by atoms with Crippen LogP contribution in [0.2, 0.25) is 0 Å². The van der Waals surface area contributed by atoms with Crippen molar-refractivity contribution in [2.75, 3.05) is 5.32 Å². The Balaban J connectivity index is 0.00000172. The van der Waals surface area contributed by atoms with E-state index in [9.17, 15) is 0 Å². The van der Waals surface area contributed by atoms with Crippen molar-refractivity contribution in [1.82, 2.24) is 9.88 Å². The molecule has 4 heteroatoms. The Hall–Kier alpha value is -5.58. The number of rotatable bonds is 5. The van der Waals surface area contributed by atoms with E-state index in [-0.39, 0.29) is 12.2 Å². The molecule has 6 aromatic carbocycles. The average Bonchev–Trinajstić information content (AvgIpc) is 3.49. The van der Waals surface area contributed by atoms with Gasteiger partial charge < -0.3 is 20.9 Å². The fraction of sp³-hybridized carbons (Fsp3) is 0.116. The van der Waals surface area contributed by atoms with Gasteiger partial charge in [-0.05, 0) is 82.9 Å². The molecule has 2 heterocycles. The molecule has 0 radical (unpaired) electrons. The van der Waals surface area contributed by atoms with Gasteiger partial charge in [0.2, 0.25) is 0 Å². The van der Waals surface area contributed by atoms with Crippen LogP contribution in [0.25, 0.3) is 49.7 Å². The van der Waals surface area contributed by atoms with E-state index >= 15 is 0 Å². The predicted octanol–water partition coefficient (Wildman–Crippen LogP) is 10.2. The number of aromatic nitrogens is 1. The van der Waals surface area contributed by atoms with Gasteiger partial charge in [-0.3, -0.25) is 0 Å². The molecule has 7 aromatic rings. The van der Waals surface area contributed by atoms with Crippen LogP contribution in [-0.2, 0) is 6.42 Å². The molecule has 0 saturated carbocycles. The molecule has 0 bridgehead atoms. The van der Waals surface area contributed by atoms with Crippen molar-refractivity contribution in [3.63, 3.8) is 0 Å². The van der Waals surface area contributed by atoms with Crippen molar-refractivity contribution in [3.8, 4) is 27.9 Å². The molecule has 47 heavy (non-hydrogen) atoms. The first-order valence-corrected chi connectivity index (χ1v) is 16.5. The topological polar surface area (TPSA) is 55.0 Å². The van der Waals surface area contributed by atoms with Gasteiger partial charge in [0.25, 0.3) is 0 Å². The van der Waals surface area contributed by atoms with Crippen LogP contribution in [0.15, 0.2) is 158 Å². The Kier molecular flexibility index (Phi) is 8.59. The molecule has 0 amide bonds. The van der Waals surface area contributed by atoms with Gasteiger partial charge in [-0.1, -0.05) is 123 Å². The summed E-state index contributed by atoms with van der Waals surface area (Å²) in [6, 6.07) is 51.7. The van der Waals surface area contributed by atoms with Gasteiger partial charge in [-0.2, -0.15) is 0 Å². The molecule has 2 atom stereocenters. The summed E-state index contributed by atoms with van der Waals surface area (Å²) in [6.07, 6.45) is 4.70. The third-order valence-electron chi connectivity index (χ3n) is 8.91. The summed E-state index contributed by atoms with van der Waals surface area (Å²) in [5.41, 5.74) is 18.7. The van der Waals surface area contributed by atoms with Crippen LogP contribution < -0.4 is 16.4 Å². The summed E-state index contributed by atoms with van der Waals surface area (Å²) in [5.74, 6) is 0. The van der Waals surface area contributed by atoms with E-state index in [4.69, 9.17) is 5.73 Å². The second-order valence-corrected chi connectivity index (χ2v) is 11.7. The lowest BCUT2D eigenvalue weighted by Gasteiger charge is -2.19. The smallest absolute Gasteiger partial charge is 0.100 e. The largest absolute Gasteiger partial charge is 0.378 e. The van der Waals surface area contributed by atoms with Gasteiger partial charge in [0.1, 0.15) is 6.17 Å². The number of para-hydroxylation sites is 3. The second kappa shape index (κ2) is 13.4. The van der Waals surface area contributed by atoms with Gasteiger partial charge in [0.05, 0.1) is 17.1 Å². The highest BCUT2D eigenvalue weighted by atomic mass is 15.0. The zero-order chi connectivity index (χ0) is 32.2. The number of fused-ring (bicyclic) bond motifs is 8. The monoisotopic (exact) mass is 612 g/mol. The first-order valence-electron chi connectivity index (χ1n) is 16.5. The second-order valence-electron chi connectivity index (χ2n) is 11.7. The van der Waals surface area contributed by atoms with E-state index in [1.165, 1.54) is 49.6 Å². The molecule has 232 valence electrons. The summed E-state index contributed by atoms with van der Waals surface area (Å²) in [6.45, 7) is 4.00. The predicted molar refractivity (Wildman–Crippen MR) is 200 cm³/mol. The SMILES string of the molecule is CC.NC(N/C=C\C1Cc2ccccc2-c2ccccc2-c2ccccc2N1)c1ccc2c(c1)c1ccccc1n2-c1ccccc1. The molecule has 8 rings (SSSR count). The lowest BCUT2D eigenvalue weighted by molar-refractivity contribution is 0.650. The van der Waals surface area contributed by atoms with E-state index in [1.54, 1.807) is 0 Å². The van der Waals surface area contributed by atoms with Crippen molar-refractivity contribution >= 4 is 27.5 Å². The Morgan fingerprint density at radius 1 is 0.660 bits per heavy atom. The highest BCUT2D eigenvalue weighted by Crippen LogP contribution is 2.39. The minimum Gasteiger partial charge on any atom is -0.378 e. The Labute approximate surface area is 277 Å². The normalized spacial score (nSPS) is 14.4. The molecule has 0 saturated heterocycles. The van der Waals surface area contributed by atoms with E-state index in [2.05, 4.69) is 167 Å². The first-order chi connectivity index (χ1) is 23.2. The number of benzene rings is 6. The molecule has 4 nitrogen and oxygen atoms in total. The molecule has 1 aliphatic heterocycles. The fourth-order valence-electron chi connectivity index (χ4n) is 6.77. The summed E-state index contributed by atoms with van der Waals surface area (Å²) < 4.78 is 2.32. The van der Waals surface area contributed by atoms with Crippen LogP contribution in [0.4, 0.5) is 5.69 Å². The Morgan fingerprint density at radius 3 is 2.09 bits per heavy atom. The zero-order valence-corrected chi connectivity index (χ0v) is 26.9. The standard InChI is InChI=1S/C41H34N4.C2H6/c42-41(29-22-23-40-37(27-29)36-19-9-11-21-39(36)45(40)31-13-2-1-3-14-31)43-25-24-30-26-28-12-4-5-15-32(28)33-16-6-7-17-34(33)35-18-8-10-20-38(35)44-30;1-2/h1-25,27,30,41,43-44H,26,42H2;1-2H3/b25-24-;. The van der Waals surface area contributed by atoms with Crippen molar-refractivity contribution < 1.29 is 0 Å². The molecule has 0 spiro atoms. The van der Waals surface area contributed by atoms with E-state index in [1.807, 2.05) is 20.0 Å². The maximum atomic E-state index is 6.77. The van der Waals surface area contributed by atoms with Crippen LogP contribution >= 0.6 is 0 Å². The maximum absolute atomic E-state index is 6.77. The third-order valence-corrected chi connectivity index (χ3v) is 8.91. The molecule has 0 aliphatic carbocycles. The van der Waals surface area contributed by atoms with Crippen molar-refractivity contribution in [1.29, 1.82) is 0 Å². The highest BCUT2D eigenvalue weighted by molar-refractivity contribution is 6.09. The quantitative estimate of drug-likeness (QED) is 0.170.